The van der Waals surface area contributed by atoms with E-state index >= 15 is 0 Å². The van der Waals surface area contributed by atoms with Crippen LogP contribution in [0, 0.1) is 23.6 Å². The van der Waals surface area contributed by atoms with Gasteiger partial charge in [-0.3, -0.25) is 0 Å². The van der Waals surface area contributed by atoms with Crippen LogP contribution >= 0.6 is 0 Å². The van der Waals surface area contributed by atoms with Crippen LogP contribution in [0.5, 0.6) is 0 Å². The Kier molecular flexibility index (Phi) is 4.11. The molecule has 1 aliphatic carbocycles. The first-order valence-electron chi connectivity index (χ1n) is 8.19. The van der Waals surface area contributed by atoms with Gasteiger partial charge < -0.3 is 5.32 Å². The van der Waals surface area contributed by atoms with Gasteiger partial charge in [-0.05, 0) is 67.2 Å². The Morgan fingerprint density at radius 1 is 1.15 bits per heavy atom. The molecule has 5 atom stereocenters. The minimum absolute atomic E-state index is 0.123. The fraction of sp³-hybridized carbons (Fsp3) is 0.667. The van der Waals surface area contributed by atoms with Crippen LogP contribution in [-0.4, -0.2) is 12.6 Å². The molecule has 1 N–H and O–H groups in total. The maximum absolute atomic E-state index is 13.2. The lowest BCUT2D eigenvalue weighted by Gasteiger charge is -2.40. The van der Waals surface area contributed by atoms with Crippen LogP contribution in [-0.2, 0) is 0 Å². The highest BCUT2D eigenvalue weighted by molar-refractivity contribution is 5.24. The monoisotopic (exact) mass is 275 g/mol. The summed E-state index contributed by atoms with van der Waals surface area (Å²) in [6.07, 6.45) is 5.23. The lowest BCUT2D eigenvalue weighted by atomic mass is 9.64. The van der Waals surface area contributed by atoms with Crippen LogP contribution in [0.1, 0.15) is 51.0 Å². The van der Waals surface area contributed by atoms with Crippen molar-refractivity contribution >= 4 is 0 Å². The molecule has 20 heavy (non-hydrogen) atoms. The van der Waals surface area contributed by atoms with E-state index < -0.39 is 0 Å². The van der Waals surface area contributed by atoms with E-state index in [0.717, 1.165) is 18.4 Å². The van der Waals surface area contributed by atoms with Crippen LogP contribution in [0.15, 0.2) is 24.3 Å². The van der Waals surface area contributed by atoms with Gasteiger partial charge in [0.05, 0.1) is 0 Å². The molecule has 0 amide bonds. The number of halogens is 1. The summed E-state index contributed by atoms with van der Waals surface area (Å²) in [4.78, 5) is 0. The predicted octanol–water partition coefficient (Wildman–Crippen LogP) is 4.34. The lowest BCUT2D eigenvalue weighted by Crippen LogP contribution is -2.34. The lowest BCUT2D eigenvalue weighted by molar-refractivity contribution is 0.173. The fourth-order valence-electron chi connectivity index (χ4n) is 4.64. The van der Waals surface area contributed by atoms with E-state index in [1.165, 1.54) is 31.2 Å². The number of rotatable bonds is 3. The van der Waals surface area contributed by atoms with Crippen molar-refractivity contribution in [3.8, 4) is 0 Å². The molecule has 1 aromatic rings. The topological polar surface area (TPSA) is 12.0 Å². The summed E-state index contributed by atoms with van der Waals surface area (Å²) in [7, 11) is 0. The minimum Gasteiger partial charge on any atom is -0.313 e. The predicted molar refractivity (Wildman–Crippen MR) is 81.2 cm³/mol. The zero-order chi connectivity index (χ0) is 14.1. The third-order valence-corrected chi connectivity index (χ3v) is 5.57. The summed E-state index contributed by atoms with van der Waals surface area (Å²) in [5, 5.41) is 3.76. The van der Waals surface area contributed by atoms with Gasteiger partial charge in [0.1, 0.15) is 5.82 Å². The van der Waals surface area contributed by atoms with Crippen LogP contribution in [0.25, 0.3) is 0 Å². The van der Waals surface area contributed by atoms with E-state index in [2.05, 4.69) is 19.2 Å². The smallest absolute Gasteiger partial charge is 0.123 e. The molecule has 110 valence electrons. The quantitative estimate of drug-likeness (QED) is 0.865. The van der Waals surface area contributed by atoms with Crippen molar-refractivity contribution in [3.05, 3.63) is 35.6 Å². The molecule has 3 rings (SSSR count). The van der Waals surface area contributed by atoms with Crippen LogP contribution < -0.4 is 5.32 Å². The molecule has 1 aliphatic heterocycles. The van der Waals surface area contributed by atoms with Gasteiger partial charge in [0, 0.05) is 6.04 Å². The Morgan fingerprint density at radius 3 is 2.60 bits per heavy atom. The van der Waals surface area contributed by atoms with Gasteiger partial charge in [-0.15, -0.1) is 0 Å². The van der Waals surface area contributed by atoms with Crippen molar-refractivity contribution < 1.29 is 4.39 Å². The first kappa shape index (κ1) is 14.1. The van der Waals surface area contributed by atoms with Gasteiger partial charge in [0.2, 0.25) is 0 Å². The highest BCUT2D eigenvalue weighted by Crippen LogP contribution is 2.48. The standard InChI is InChI=1S/C18H26FN/c1-3-4-17-15-10-5-12(2)18(16(15)11-20-17)13-6-8-14(19)9-7-13/h6-9,12,15-18,20H,3-5,10-11H2,1-2H3/t12-,15-,16-,17?,18+/m1/s1. The largest absolute Gasteiger partial charge is 0.313 e. The van der Waals surface area contributed by atoms with Crippen molar-refractivity contribution in [1.29, 1.82) is 0 Å². The molecule has 1 saturated heterocycles. The fourth-order valence-corrected chi connectivity index (χ4v) is 4.64. The van der Waals surface area contributed by atoms with Gasteiger partial charge in [-0.1, -0.05) is 32.4 Å². The summed E-state index contributed by atoms with van der Waals surface area (Å²) < 4.78 is 13.2. The van der Waals surface area contributed by atoms with Crippen molar-refractivity contribution in [1.82, 2.24) is 5.32 Å². The summed E-state index contributed by atoms with van der Waals surface area (Å²) in [5.74, 6) is 2.75. The summed E-state index contributed by atoms with van der Waals surface area (Å²) in [6.45, 7) is 5.79. The molecule has 0 radical (unpaired) electrons. The molecule has 0 bridgehead atoms. The first-order valence-corrected chi connectivity index (χ1v) is 8.19. The van der Waals surface area contributed by atoms with Crippen LogP contribution in [0.2, 0.25) is 0 Å². The van der Waals surface area contributed by atoms with Crippen molar-refractivity contribution in [2.24, 2.45) is 17.8 Å². The SMILES string of the molecule is CCCC1NC[C@H]2[C@H](c3ccc(F)cc3)[C@H](C)CC[C@@H]12. The number of hydrogen-bond donors (Lipinski definition) is 1. The summed E-state index contributed by atoms with van der Waals surface area (Å²) in [5.41, 5.74) is 1.34. The Labute approximate surface area is 122 Å². The molecule has 1 saturated carbocycles. The van der Waals surface area contributed by atoms with Gasteiger partial charge >= 0.3 is 0 Å². The molecular formula is C18H26FN. The molecule has 1 aromatic carbocycles. The van der Waals surface area contributed by atoms with E-state index in [9.17, 15) is 4.39 Å². The molecule has 2 aliphatic rings. The third-order valence-electron chi connectivity index (χ3n) is 5.57. The molecule has 0 spiro atoms. The molecule has 1 heterocycles. The normalized spacial score (nSPS) is 36.9. The first-order chi connectivity index (χ1) is 9.70. The second-order valence-corrected chi connectivity index (χ2v) is 6.76. The summed E-state index contributed by atoms with van der Waals surface area (Å²) >= 11 is 0. The highest BCUT2D eigenvalue weighted by atomic mass is 19.1. The molecular weight excluding hydrogens is 249 g/mol. The Hall–Kier alpha value is -0.890. The number of benzene rings is 1. The minimum atomic E-state index is -0.123. The van der Waals surface area contributed by atoms with Crippen molar-refractivity contribution in [2.45, 2.75) is 51.5 Å². The zero-order valence-corrected chi connectivity index (χ0v) is 12.6. The maximum Gasteiger partial charge on any atom is 0.123 e. The van der Waals surface area contributed by atoms with E-state index in [1.807, 2.05) is 12.1 Å². The Bertz CT molecular complexity index is 441. The molecule has 1 unspecified atom stereocenters. The average Bonchev–Trinajstić information content (AvgIpc) is 2.84. The van der Waals surface area contributed by atoms with E-state index in [1.54, 1.807) is 12.1 Å². The number of nitrogens with one attached hydrogen (secondary N) is 1. The van der Waals surface area contributed by atoms with E-state index in [0.29, 0.717) is 17.9 Å². The van der Waals surface area contributed by atoms with Crippen molar-refractivity contribution in [3.63, 3.8) is 0 Å². The second-order valence-electron chi connectivity index (χ2n) is 6.76. The molecule has 2 heteroatoms. The van der Waals surface area contributed by atoms with Crippen LogP contribution in [0.3, 0.4) is 0 Å². The second kappa shape index (κ2) is 5.85. The van der Waals surface area contributed by atoms with E-state index in [-0.39, 0.29) is 5.82 Å². The molecule has 1 nitrogen and oxygen atoms in total. The number of fused-ring (bicyclic) bond motifs is 1. The van der Waals surface area contributed by atoms with Gasteiger partial charge in [0.15, 0.2) is 0 Å². The van der Waals surface area contributed by atoms with Gasteiger partial charge in [-0.25, -0.2) is 4.39 Å². The summed E-state index contributed by atoms with van der Waals surface area (Å²) in [6, 6.07) is 7.97. The van der Waals surface area contributed by atoms with Gasteiger partial charge in [0.25, 0.3) is 0 Å². The Morgan fingerprint density at radius 2 is 1.90 bits per heavy atom. The van der Waals surface area contributed by atoms with Crippen LogP contribution in [0.4, 0.5) is 4.39 Å². The van der Waals surface area contributed by atoms with E-state index in [4.69, 9.17) is 0 Å². The number of hydrogen-bond acceptors (Lipinski definition) is 1. The van der Waals surface area contributed by atoms with Crippen molar-refractivity contribution in [2.75, 3.05) is 6.54 Å². The molecule has 2 fully saturated rings. The highest BCUT2D eigenvalue weighted by Gasteiger charge is 2.44. The zero-order valence-electron chi connectivity index (χ0n) is 12.6. The molecule has 0 aromatic heterocycles. The van der Waals surface area contributed by atoms with Gasteiger partial charge in [-0.2, -0.15) is 0 Å². The Balaban J connectivity index is 1.83. The average molecular weight is 275 g/mol. The third kappa shape index (κ3) is 2.50. The maximum atomic E-state index is 13.2.